The molecule has 2 bridgehead atoms. The lowest BCUT2D eigenvalue weighted by Gasteiger charge is -2.37. The zero-order valence-corrected chi connectivity index (χ0v) is 17.8. The van der Waals surface area contributed by atoms with Gasteiger partial charge < -0.3 is 4.90 Å². The Balaban J connectivity index is 1.20. The second kappa shape index (κ2) is 7.27. The molecule has 1 aliphatic heterocycles. The van der Waals surface area contributed by atoms with E-state index in [4.69, 9.17) is 0 Å². The average molecular weight is 386 g/mol. The molecule has 4 aliphatic rings. The van der Waals surface area contributed by atoms with Crippen molar-refractivity contribution in [3.63, 3.8) is 0 Å². The van der Waals surface area contributed by atoms with Gasteiger partial charge in [-0.3, -0.25) is 0 Å². The Hall–Kier alpha value is -1.60. The number of fused-ring (bicyclic) bond motifs is 3. The van der Waals surface area contributed by atoms with Crippen molar-refractivity contribution in [1.82, 2.24) is 4.90 Å². The molecule has 29 heavy (non-hydrogen) atoms. The number of rotatable bonds is 5. The number of unbranched alkanes of at least 4 members (excludes halogenated alkanes) is 1. The van der Waals surface area contributed by atoms with Crippen LogP contribution in [0.15, 0.2) is 48.5 Å². The maximum absolute atomic E-state index is 2.83. The summed E-state index contributed by atoms with van der Waals surface area (Å²) < 4.78 is 0. The molecule has 0 N–H and O–H groups in total. The first-order valence-corrected chi connectivity index (χ1v) is 12.3. The van der Waals surface area contributed by atoms with Crippen LogP contribution in [0.2, 0.25) is 0 Å². The maximum atomic E-state index is 2.83. The van der Waals surface area contributed by atoms with Crippen LogP contribution in [-0.4, -0.2) is 24.5 Å². The van der Waals surface area contributed by atoms with Gasteiger partial charge in [-0.1, -0.05) is 93.5 Å². The van der Waals surface area contributed by atoms with Gasteiger partial charge in [-0.2, -0.15) is 0 Å². The molecular formula is C28H35N. The Morgan fingerprint density at radius 2 is 1.59 bits per heavy atom. The fourth-order valence-electron chi connectivity index (χ4n) is 7.56. The van der Waals surface area contributed by atoms with E-state index >= 15 is 0 Å². The van der Waals surface area contributed by atoms with Crippen molar-refractivity contribution in [2.24, 2.45) is 5.92 Å². The van der Waals surface area contributed by atoms with Crippen LogP contribution in [0.3, 0.4) is 0 Å². The lowest BCUT2D eigenvalue weighted by molar-refractivity contribution is 0.283. The van der Waals surface area contributed by atoms with E-state index in [1.54, 1.807) is 22.3 Å². The van der Waals surface area contributed by atoms with Crippen molar-refractivity contribution in [2.75, 3.05) is 19.6 Å². The molecule has 1 spiro atoms. The Labute approximate surface area is 176 Å². The molecule has 2 fully saturated rings. The molecule has 3 atom stereocenters. The third-order valence-corrected chi connectivity index (χ3v) is 8.86. The topological polar surface area (TPSA) is 3.24 Å². The van der Waals surface area contributed by atoms with E-state index in [9.17, 15) is 0 Å². The highest BCUT2D eigenvalue weighted by atomic mass is 15.2. The van der Waals surface area contributed by atoms with Crippen molar-refractivity contribution in [3.05, 3.63) is 70.8 Å². The van der Waals surface area contributed by atoms with E-state index in [2.05, 4.69) is 53.4 Å². The Morgan fingerprint density at radius 1 is 0.828 bits per heavy atom. The summed E-state index contributed by atoms with van der Waals surface area (Å²) in [5.74, 6) is 2.36. The minimum absolute atomic E-state index is 0.374. The first-order valence-electron chi connectivity index (χ1n) is 12.3. The van der Waals surface area contributed by atoms with Gasteiger partial charge in [0.05, 0.1) is 0 Å². The predicted molar refractivity (Wildman–Crippen MR) is 121 cm³/mol. The second-order valence-corrected chi connectivity index (χ2v) is 10.4. The lowest BCUT2D eigenvalue weighted by Crippen LogP contribution is -2.35. The van der Waals surface area contributed by atoms with Crippen LogP contribution >= 0.6 is 0 Å². The summed E-state index contributed by atoms with van der Waals surface area (Å²) in [5, 5.41) is 0. The van der Waals surface area contributed by atoms with E-state index in [1.807, 2.05) is 0 Å². The van der Waals surface area contributed by atoms with Crippen molar-refractivity contribution in [2.45, 2.75) is 75.0 Å². The number of hydrogen-bond acceptors (Lipinski definition) is 1. The third kappa shape index (κ3) is 2.92. The van der Waals surface area contributed by atoms with Crippen LogP contribution in [-0.2, 0) is 5.41 Å². The van der Waals surface area contributed by atoms with Crippen molar-refractivity contribution < 1.29 is 0 Å². The van der Waals surface area contributed by atoms with Crippen LogP contribution in [0.1, 0.15) is 91.9 Å². The van der Waals surface area contributed by atoms with E-state index in [1.165, 1.54) is 77.4 Å². The Kier molecular flexibility index (Phi) is 4.56. The highest BCUT2D eigenvalue weighted by Crippen LogP contribution is 2.63. The molecular weight excluding hydrogens is 350 g/mol. The van der Waals surface area contributed by atoms with E-state index in [0.717, 1.165) is 5.92 Å². The van der Waals surface area contributed by atoms with Crippen LogP contribution in [0.25, 0.3) is 0 Å². The molecule has 3 unspecified atom stereocenters. The third-order valence-electron chi connectivity index (χ3n) is 8.86. The van der Waals surface area contributed by atoms with Crippen LogP contribution in [0, 0.1) is 5.92 Å². The summed E-state index contributed by atoms with van der Waals surface area (Å²) in [5.41, 5.74) is 6.96. The van der Waals surface area contributed by atoms with Crippen LogP contribution < -0.4 is 0 Å². The zero-order chi connectivity index (χ0) is 19.3. The molecule has 0 amide bonds. The molecule has 1 saturated heterocycles. The molecule has 1 saturated carbocycles. The van der Waals surface area contributed by atoms with Gasteiger partial charge in [0.2, 0.25) is 0 Å². The Morgan fingerprint density at radius 3 is 2.45 bits per heavy atom. The zero-order valence-electron chi connectivity index (χ0n) is 17.8. The number of benzene rings is 2. The monoisotopic (exact) mass is 385 g/mol. The fraction of sp³-hybridized carbons (Fsp3) is 0.571. The minimum Gasteiger partial charge on any atom is -0.302 e. The minimum atomic E-state index is 0.374. The molecule has 2 aromatic rings. The molecule has 2 aromatic carbocycles. The Bertz CT molecular complexity index is 868. The van der Waals surface area contributed by atoms with Gasteiger partial charge in [-0.25, -0.2) is 0 Å². The van der Waals surface area contributed by atoms with Gasteiger partial charge in [0.25, 0.3) is 0 Å². The number of likely N-dealkylation sites (tertiary alicyclic amines) is 1. The van der Waals surface area contributed by atoms with E-state index < -0.39 is 0 Å². The largest absolute Gasteiger partial charge is 0.302 e. The average Bonchev–Trinajstić information content (AvgIpc) is 3.30. The second-order valence-electron chi connectivity index (χ2n) is 10.4. The molecule has 1 heterocycles. The normalized spacial score (nSPS) is 30.8. The lowest BCUT2D eigenvalue weighted by atomic mass is 9.65. The van der Waals surface area contributed by atoms with Crippen molar-refractivity contribution >= 4 is 0 Å². The summed E-state index contributed by atoms with van der Waals surface area (Å²) in [6.45, 7) is 3.85. The van der Waals surface area contributed by atoms with E-state index in [-0.39, 0.29) is 0 Å². The van der Waals surface area contributed by atoms with Gasteiger partial charge in [0, 0.05) is 30.3 Å². The molecule has 152 valence electrons. The van der Waals surface area contributed by atoms with Gasteiger partial charge >= 0.3 is 0 Å². The molecule has 0 radical (unpaired) electrons. The first kappa shape index (κ1) is 18.2. The molecule has 3 aliphatic carbocycles. The van der Waals surface area contributed by atoms with Gasteiger partial charge in [-0.15, -0.1) is 0 Å². The predicted octanol–water partition coefficient (Wildman–Crippen LogP) is 6.62. The molecule has 1 heteroatoms. The number of hydrogen-bond donors (Lipinski definition) is 0. The van der Waals surface area contributed by atoms with Gasteiger partial charge in [0.15, 0.2) is 0 Å². The standard InChI is InChI=1S/C28H35N/c1-2-10-21(11-3-1)12-8-9-17-29-19-27-23-14-5-4-13-22(23)25-18-28(27,20-29)26-16-7-6-15-24(25)26/h4-7,13-16,21,25,27H,1-3,8-12,17-20H2. The summed E-state index contributed by atoms with van der Waals surface area (Å²) in [7, 11) is 0. The van der Waals surface area contributed by atoms with E-state index in [0.29, 0.717) is 17.3 Å². The summed E-state index contributed by atoms with van der Waals surface area (Å²) in [6.07, 6.45) is 13.1. The van der Waals surface area contributed by atoms with Crippen LogP contribution in [0.5, 0.6) is 0 Å². The summed E-state index contributed by atoms with van der Waals surface area (Å²) in [4.78, 5) is 2.83. The highest BCUT2D eigenvalue weighted by molar-refractivity contribution is 5.58. The fourth-order valence-corrected chi connectivity index (χ4v) is 7.56. The van der Waals surface area contributed by atoms with Crippen molar-refractivity contribution in [1.29, 1.82) is 0 Å². The van der Waals surface area contributed by atoms with Gasteiger partial charge in [-0.05, 0) is 47.6 Å². The van der Waals surface area contributed by atoms with Crippen LogP contribution in [0.4, 0.5) is 0 Å². The summed E-state index contributed by atoms with van der Waals surface area (Å²) in [6, 6.07) is 18.8. The quantitative estimate of drug-likeness (QED) is 0.523. The SMILES string of the molecule is c1ccc2c(c1)C1CC3(CN(CCCCC4CCCCC4)CC23)c2ccccc21. The molecule has 1 nitrogen and oxygen atoms in total. The summed E-state index contributed by atoms with van der Waals surface area (Å²) >= 11 is 0. The smallest absolute Gasteiger partial charge is 0.0173 e. The number of nitrogens with zero attached hydrogens (tertiary/aromatic N) is 1. The van der Waals surface area contributed by atoms with Crippen molar-refractivity contribution in [3.8, 4) is 0 Å². The maximum Gasteiger partial charge on any atom is 0.0173 e. The first-order chi connectivity index (χ1) is 14.4. The molecule has 0 aromatic heterocycles. The molecule has 6 rings (SSSR count). The highest BCUT2D eigenvalue weighted by Gasteiger charge is 2.57. The van der Waals surface area contributed by atoms with Gasteiger partial charge in [0.1, 0.15) is 0 Å².